The Labute approximate surface area is 91.5 Å². The van der Waals surface area contributed by atoms with Gasteiger partial charge in [0.15, 0.2) is 0 Å². The molecule has 15 heavy (non-hydrogen) atoms. The van der Waals surface area contributed by atoms with E-state index in [1.54, 1.807) is 0 Å². The summed E-state index contributed by atoms with van der Waals surface area (Å²) in [6, 6.07) is 0.464. The van der Waals surface area contributed by atoms with Gasteiger partial charge in [0.2, 0.25) is 0 Å². The lowest BCUT2D eigenvalue weighted by Crippen LogP contribution is -2.65. The van der Waals surface area contributed by atoms with E-state index >= 15 is 0 Å². The van der Waals surface area contributed by atoms with Crippen LogP contribution in [0.15, 0.2) is 0 Å². The van der Waals surface area contributed by atoms with Crippen LogP contribution in [0.3, 0.4) is 0 Å². The number of likely N-dealkylation sites (tertiary alicyclic amines) is 1. The van der Waals surface area contributed by atoms with Crippen molar-refractivity contribution < 1.29 is 9.90 Å². The molecule has 1 N–H and O–H groups in total. The Bertz CT molecular complexity index is 266. The summed E-state index contributed by atoms with van der Waals surface area (Å²) >= 11 is 0. The first kappa shape index (κ1) is 10.9. The summed E-state index contributed by atoms with van der Waals surface area (Å²) in [7, 11) is 0. The Morgan fingerprint density at radius 3 is 2.53 bits per heavy atom. The first-order valence-electron chi connectivity index (χ1n) is 6.06. The van der Waals surface area contributed by atoms with Crippen LogP contribution in [0, 0.1) is 5.92 Å². The molecule has 3 heteroatoms. The van der Waals surface area contributed by atoms with E-state index in [4.69, 9.17) is 0 Å². The third-order valence-corrected chi connectivity index (χ3v) is 4.24. The van der Waals surface area contributed by atoms with E-state index in [1.165, 1.54) is 6.42 Å². The standard InChI is InChI=1S/C12H21NO2/c1-9-4-3-6-12(8-9,11(14)15)13-7-5-10(13)2/h9-10H,3-8H2,1-2H3,(H,14,15). The van der Waals surface area contributed by atoms with Crippen molar-refractivity contribution in [1.82, 2.24) is 4.90 Å². The molecule has 0 aromatic rings. The van der Waals surface area contributed by atoms with Gasteiger partial charge in [-0.2, -0.15) is 0 Å². The van der Waals surface area contributed by atoms with Crippen molar-refractivity contribution in [3.8, 4) is 0 Å². The summed E-state index contributed by atoms with van der Waals surface area (Å²) in [5.74, 6) is -0.0387. The highest BCUT2D eigenvalue weighted by Crippen LogP contribution is 2.41. The molecule has 0 aromatic carbocycles. The topological polar surface area (TPSA) is 40.5 Å². The molecular weight excluding hydrogens is 190 g/mol. The second-order valence-electron chi connectivity index (χ2n) is 5.37. The second-order valence-corrected chi connectivity index (χ2v) is 5.37. The molecule has 1 aliphatic heterocycles. The predicted molar refractivity (Wildman–Crippen MR) is 58.8 cm³/mol. The molecule has 2 rings (SSSR count). The molecule has 2 aliphatic rings. The normalized spacial score (nSPS) is 42.3. The number of carboxylic acid groups (broad SMARTS) is 1. The zero-order valence-electron chi connectivity index (χ0n) is 9.70. The smallest absolute Gasteiger partial charge is 0.324 e. The van der Waals surface area contributed by atoms with Gasteiger partial charge in [-0.15, -0.1) is 0 Å². The Morgan fingerprint density at radius 2 is 2.13 bits per heavy atom. The number of aliphatic carboxylic acids is 1. The highest BCUT2D eigenvalue weighted by molar-refractivity contribution is 5.79. The molecule has 3 nitrogen and oxygen atoms in total. The van der Waals surface area contributed by atoms with Gasteiger partial charge >= 0.3 is 5.97 Å². The first-order valence-corrected chi connectivity index (χ1v) is 6.06. The number of carboxylic acids is 1. The third-order valence-electron chi connectivity index (χ3n) is 4.24. The Morgan fingerprint density at radius 1 is 1.40 bits per heavy atom. The van der Waals surface area contributed by atoms with Gasteiger partial charge in [-0.3, -0.25) is 9.69 Å². The highest BCUT2D eigenvalue weighted by atomic mass is 16.4. The molecule has 0 radical (unpaired) electrons. The quantitative estimate of drug-likeness (QED) is 0.760. The van der Waals surface area contributed by atoms with Gasteiger partial charge < -0.3 is 5.11 Å². The minimum atomic E-state index is -0.597. The van der Waals surface area contributed by atoms with Gasteiger partial charge in [0, 0.05) is 12.6 Å². The van der Waals surface area contributed by atoms with Gasteiger partial charge in [0.1, 0.15) is 5.54 Å². The van der Waals surface area contributed by atoms with Gasteiger partial charge in [-0.05, 0) is 32.1 Å². The lowest BCUT2D eigenvalue weighted by Gasteiger charge is -2.53. The van der Waals surface area contributed by atoms with Crippen LogP contribution in [0.5, 0.6) is 0 Å². The van der Waals surface area contributed by atoms with E-state index in [9.17, 15) is 9.90 Å². The monoisotopic (exact) mass is 211 g/mol. The number of nitrogens with zero attached hydrogens (tertiary/aromatic N) is 1. The Balaban J connectivity index is 2.19. The molecule has 86 valence electrons. The summed E-state index contributed by atoms with van der Waals surface area (Å²) in [5.41, 5.74) is -0.532. The molecular formula is C12H21NO2. The van der Waals surface area contributed by atoms with Crippen LogP contribution in [-0.2, 0) is 4.79 Å². The van der Waals surface area contributed by atoms with E-state index in [1.807, 2.05) is 0 Å². The number of carbonyl (C=O) groups is 1. The molecule has 3 atom stereocenters. The fourth-order valence-corrected chi connectivity index (χ4v) is 3.25. The van der Waals surface area contributed by atoms with Crippen molar-refractivity contribution in [2.24, 2.45) is 5.92 Å². The van der Waals surface area contributed by atoms with Crippen LogP contribution in [0.4, 0.5) is 0 Å². The van der Waals surface area contributed by atoms with Crippen molar-refractivity contribution in [2.45, 2.75) is 57.5 Å². The zero-order valence-corrected chi connectivity index (χ0v) is 9.70. The van der Waals surface area contributed by atoms with E-state index < -0.39 is 11.5 Å². The minimum Gasteiger partial charge on any atom is -0.480 e. The maximum Gasteiger partial charge on any atom is 0.324 e. The van der Waals surface area contributed by atoms with Gasteiger partial charge in [0.25, 0.3) is 0 Å². The Hall–Kier alpha value is -0.570. The van der Waals surface area contributed by atoms with Crippen molar-refractivity contribution in [3.63, 3.8) is 0 Å². The third kappa shape index (κ3) is 1.67. The highest BCUT2D eigenvalue weighted by Gasteiger charge is 2.50. The van der Waals surface area contributed by atoms with Crippen LogP contribution in [0.25, 0.3) is 0 Å². The van der Waals surface area contributed by atoms with Crippen LogP contribution < -0.4 is 0 Å². The SMILES string of the molecule is CC1CCCC(C(=O)O)(N2CCC2C)C1. The van der Waals surface area contributed by atoms with Gasteiger partial charge in [0.05, 0.1) is 0 Å². The van der Waals surface area contributed by atoms with E-state index in [2.05, 4.69) is 18.7 Å². The van der Waals surface area contributed by atoms with Crippen molar-refractivity contribution >= 4 is 5.97 Å². The van der Waals surface area contributed by atoms with E-state index in [-0.39, 0.29) is 0 Å². The maximum atomic E-state index is 11.6. The molecule has 1 saturated heterocycles. The van der Waals surface area contributed by atoms with Crippen LogP contribution in [0.2, 0.25) is 0 Å². The van der Waals surface area contributed by atoms with Crippen LogP contribution in [0.1, 0.15) is 46.0 Å². The molecule has 1 heterocycles. The van der Waals surface area contributed by atoms with Gasteiger partial charge in [-0.25, -0.2) is 0 Å². The molecule has 0 aromatic heterocycles. The lowest BCUT2D eigenvalue weighted by atomic mass is 9.73. The molecule has 2 fully saturated rings. The summed E-state index contributed by atoms with van der Waals surface area (Å²) in [6.45, 7) is 5.30. The molecule has 1 aliphatic carbocycles. The maximum absolute atomic E-state index is 11.6. The number of rotatable bonds is 2. The average molecular weight is 211 g/mol. The number of hydrogen-bond acceptors (Lipinski definition) is 2. The van der Waals surface area contributed by atoms with Crippen LogP contribution >= 0.6 is 0 Å². The first-order chi connectivity index (χ1) is 7.06. The summed E-state index contributed by atoms with van der Waals surface area (Å²) < 4.78 is 0. The molecule has 0 spiro atoms. The fraction of sp³-hybridized carbons (Fsp3) is 0.917. The molecule has 1 saturated carbocycles. The predicted octanol–water partition coefficient (Wildman–Crippen LogP) is 2.11. The largest absolute Gasteiger partial charge is 0.480 e. The molecule has 0 bridgehead atoms. The molecule has 3 unspecified atom stereocenters. The van der Waals surface area contributed by atoms with Crippen molar-refractivity contribution in [1.29, 1.82) is 0 Å². The second kappa shape index (κ2) is 3.78. The molecule has 0 amide bonds. The lowest BCUT2D eigenvalue weighted by molar-refractivity contribution is -0.163. The van der Waals surface area contributed by atoms with Crippen LogP contribution in [-0.4, -0.2) is 34.1 Å². The van der Waals surface area contributed by atoms with E-state index in [0.717, 1.165) is 32.2 Å². The summed E-state index contributed by atoms with van der Waals surface area (Å²) in [5, 5.41) is 9.52. The van der Waals surface area contributed by atoms with Gasteiger partial charge in [-0.1, -0.05) is 19.8 Å². The summed E-state index contributed by atoms with van der Waals surface area (Å²) in [4.78, 5) is 13.8. The number of hydrogen-bond donors (Lipinski definition) is 1. The summed E-state index contributed by atoms with van der Waals surface area (Å²) in [6.07, 6.45) is 5.10. The Kier molecular flexibility index (Phi) is 2.75. The average Bonchev–Trinajstić information content (AvgIpc) is 2.15. The van der Waals surface area contributed by atoms with Crippen molar-refractivity contribution in [3.05, 3.63) is 0 Å². The van der Waals surface area contributed by atoms with Crippen molar-refractivity contribution in [2.75, 3.05) is 6.54 Å². The van der Waals surface area contributed by atoms with E-state index in [0.29, 0.717) is 12.0 Å². The minimum absolute atomic E-state index is 0.464. The zero-order chi connectivity index (χ0) is 11.1. The fourth-order valence-electron chi connectivity index (χ4n) is 3.25.